The number of benzene rings is 2. The van der Waals surface area contributed by atoms with Crippen LogP contribution in [0.4, 0.5) is 11.4 Å². The molecule has 0 radical (unpaired) electrons. The largest absolute Gasteiger partial charge is 0.376 e. The van der Waals surface area contributed by atoms with Gasteiger partial charge < -0.3 is 20.9 Å². The van der Waals surface area contributed by atoms with Crippen LogP contribution in [0.15, 0.2) is 48.5 Å². The minimum atomic E-state index is -0.226. The highest BCUT2D eigenvalue weighted by atomic mass is 16.2. The lowest BCUT2D eigenvalue weighted by molar-refractivity contribution is -0.114. The summed E-state index contributed by atoms with van der Waals surface area (Å²) < 4.78 is 0. The Labute approximate surface area is 194 Å². The van der Waals surface area contributed by atoms with E-state index in [1.165, 1.54) is 6.42 Å². The molecule has 1 saturated heterocycles. The van der Waals surface area contributed by atoms with Gasteiger partial charge in [0.2, 0.25) is 5.91 Å². The van der Waals surface area contributed by atoms with E-state index in [0.29, 0.717) is 16.8 Å². The first-order chi connectivity index (χ1) is 16.1. The van der Waals surface area contributed by atoms with E-state index in [0.717, 1.165) is 57.3 Å². The summed E-state index contributed by atoms with van der Waals surface area (Å²) in [6, 6.07) is 14.5. The van der Waals surface area contributed by atoms with Crippen molar-refractivity contribution in [2.45, 2.75) is 51.0 Å². The summed E-state index contributed by atoms with van der Waals surface area (Å²) in [6.45, 7) is 1.66. The Morgan fingerprint density at radius 2 is 1.48 bits per heavy atom. The zero-order valence-electron chi connectivity index (χ0n) is 18.9. The van der Waals surface area contributed by atoms with E-state index in [4.69, 9.17) is 0 Å². The molecular formula is C26H32N4O3. The summed E-state index contributed by atoms with van der Waals surface area (Å²) in [5.74, 6) is -0.296. The molecule has 1 aliphatic heterocycles. The molecule has 1 heterocycles. The normalized spacial score (nSPS) is 16.3. The quantitative estimate of drug-likeness (QED) is 0.596. The average molecular weight is 449 g/mol. The molecule has 2 aliphatic rings. The number of rotatable bonds is 7. The topological polar surface area (TPSA) is 90.5 Å². The van der Waals surface area contributed by atoms with Crippen LogP contribution in [0.2, 0.25) is 0 Å². The first kappa shape index (κ1) is 22.8. The van der Waals surface area contributed by atoms with Crippen LogP contribution < -0.4 is 16.0 Å². The maximum Gasteiger partial charge on any atom is 0.253 e. The number of carbonyl (C=O) groups is 3. The molecule has 2 aromatic rings. The molecule has 2 fully saturated rings. The summed E-state index contributed by atoms with van der Waals surface area (Å²) in [5.41, 5.74) is 2.46. The lowest BCUT2D eigenvalue weighted by Gasteiger charge is -2.22. The molecule has 0 spiro atoms. The fourth-order valence-corrected chi connectivity index (χ4v) is 4.51. The molecule has 0 unspecified atom stereocenters. The van der Waals surface area contributed by atoms with Crippen LogP contribution in [0.5, 0.6) is 0 Å². The van der Waals surface area contributed by atoms with Gasteiger partial charge in [-0.1, -0.05) is 31.4 Å². The standard InChI is InChI=1S/C26H32N4O3/c31-24(18-27-22-12-7-9-20(17-22)26(33)30-14-4-5-15-30)28-23-13-6-8-19(16-23)25(32)29-21-10-2-1-3-11-21/h6-9,12-13,16-17,21,27H,1-5,10-11,14-15,18H2,(H,28,31)(H,29,32). The van der Waals surface area contributed by atoms with Gasteiger partial charge in [-0.3, -0.25) is 14.4 Å². The van der Waals surface area contributed by atoms with E-state index < -0.39 is 0 Å². The number of nitrogens with zero attached hydrogens (tertiary/aromatic N) is 1. The van der Waals surface area contributed by atoms with Crippen LogP contribution in [0.25, 0.3) is 0 Å². The zero-order valence-corrected chi connectivity index (χ0v) is 18.9. The second kappa shape index (κ2) is 11.0. The Morgan fingerprint density at radius 3 is 2.24 bits per heavy atom. The van der Waals surface area contributed by atoms with Crippen LogP contribution in [0.1, 0.15) is 65.7 Å². The van der Waals surface area contributed by atoms with Gasteiger partial charge in [0, 0.05) is 41.6 Å². The van der Waals surface area contributed by atoms with Crippen LogP contribution in [-0.2, 0) is 4.79 Å². The van der Waals surface area contributed by atoms with Gasteiger partial charge in [-0.2, -0.15) is 0 Å². The van der Waals surface area contributed by atoms with Crippen molar-refractivity contribution in [3.8, 4) is 0 Å². The average Bonchev–Trinajstić information content (AvgIpc) is 3.38. The Kier molecular flexibility index (Phi) is 7.60. The summed E-state index contributed by atoms with van der Waals surface area (Å²) >= 11 is 0. The maximum absolute atomic E-state index is 12.6. The third-order valence-corrected chi connectivity index (χ3v) is 6.30. The van der Waals surface area contributed by atoms with Gasteiger partial charge in [0.25, 0.3) is 11.8 Å². The van der Waals surface area contributed by atoms with E-state index in [9.17, 15) is 14.4 Å². The lowest BCUT2D eigenvalue weighted by Crippen LogP contribution is -2.36. The predicted octanol–water partition coefficient (Wildman–Crippen LogP) is 4.04. The smallest absolute Gasteiger partial charge is 0.253 e. The van der Waals surface area contributed by atoms with Crippen molar-refractivity contribution in [1.29, 1.82) is 0 Å². The summed E-state index contributed by atoms with van der Waals surface area (Å²) in [6.07, 6.45) is 7.70. The van der Waals surface area contributed by atoms with Crippen molar-refractivity contribution < 1.29 is 14.4 Å². The van der Waals surface area contributed by atoms with Gasteiger partial charge in [-0.05, 0) is 62.1 Å². The number of carbonyl (C=O) groups excluding carboxylic acids is 3. The molecule has 4 rings (SSSR count). The number of anilines is 2. The van der Waals surface area contributed by atoms with Crippen molar-refractivity contribution in [2.24, 2.45) is 0 Å². The number of hydrogen-bond donors (Lipinski definition) is 3. The van der Waals surface area contributed by atoms with Gasteiger partial charge in [-0.25, -0.2) is 0 Å². The van der Waals surface area contributed by atoms with Crippen LogP contribution in [-0.4, -0.2) is 48.3 Å². The number of nitrogens with one attached hydrogen (secondary N) is 3. The van der Waals surface area contributed by atoms with Crippen molar-refractivity contribution in [3.63, 3.8) is 0 Å². The molecule has 0 aromatic heterocycles. The maximum atomic E-state index is 12.6. The molecule has 7 nitrogen and oxygen atoms in total. The third-order valence-electron chi connectivity index (χ3n) is 6.30. The highest BCUT2D eigenvalue weighted by Gasteiger charge is 2.20. The number of amides is 3. The predicted molar refractivity (Wildman–Crippen MR) is 129 cm³/mol. The molecular weight excluding hydrogens is 416 g/mol. The molecule has 3 N–H and O–H groups in total. The number of likely N-dealkylation sites (tertiary alicyclic amines) is 1. The first-order valence-electron chi connectivity index (χ1n) is 11.9. The van der Waals surface area contributed by atoms with Crippen LogP contribution in [0.3, 0.4) is 0 Å². The molecule has 1 aliphatic carbocycles. The second-order valence-corrected chi connectivity index (χ2v) is 8.87. The van der Waals surface area contributed by atoms with E-state index in [1.807, 2.05) is 17.0 Å². The van der Waals surface area contributed by atoms with E-state index in [1.54, 1.807) is 36.4 Å². The Hall–Kier alpha value is -3.35. The summed E-state index contributed by atoms with van der Waals surface area (Å²) in [7, 11) is 0. The molecule has 0 bridgehead atoms. The molecule has 2 aromatic carbocycles. The van der Waals surface area contributed by atoms with E-state index in [-0.39, 0.29) is 30.3 Å². The monoisotopic (exact) mass is 448 g/mol. The van der Waals surface area contributed by atoms with E-state index >= 15 is 0 Å². The van der Waals surface area contributed by atoms with Crippen molar-refractivity contribution in [1.82, 2.24) is 10.2 Å². The van der Waals surface area contributed by atoms with Gasteiger partial charge in [0.05, 0.1) is 6.54 Å². The molecule has 1 saturated carbocycles. The molecule has 33 heavy (non-hydrogen) atoms. The van der Waals surface area contributed by atoms with Crippen molar-refractivity contribution in [3.05, 3.63) is 59.7 Å². The molecule has 174 valence electrons. The minimum absolute atomic E-state index is 0.0314. The number of hydrogen-bond acceptors (Lipinski definition) is 4. The first-order valence-corrected chi connectivity index (χ1v) is 11.9. The molecule has 3 amide bonds. The zero-order chi connectivity index (χ0) is 23.0. The highest BCUT2D eigenvalue weighted by Crippen LogP contribution is 2.19. The second-order valence-electron chi connectivity index (χ2n) is 8.87. The van der Waals surface area contributed by atoms with Crippen LogP contribution in [0, 0.1) is 0 Å². The fourth-order valence-electron chi connectivity index (χ4n) is 4.51. The van der Waals surface area contributed by atoms with Crippen LogP contribution >= 0.6 is 0 Å². The Bertz CT molecular complexity index is 995. The minimum Gasteiger partial charge on any atom is -0.376 e. The Balaban J connectivity index is 1.29. The van der Waals surface area contributed by atoms with Gasteiger partial charge >= 0.3 is 0 Å². The van der Waals surface area contributed by atoms with Crippen molar-refractivity contribution in [2.75, 3.05) is 30.3 Å². The third kappa shape index (κ3) is 6.34. The van der Waals surface area contributed by atoms with E-state index in [2.05, 4.69) is 16.0 Å². The summed E-state index contributed by atoms with van der Waals surface area (Å²) in [5, 5.41) is 9.02. The van der Waals surface area contributed by atoms with Gasteiger partial charge in [0.15, 0.2) is 0 Å². The highest BCUT2D eigenvalue weighted by molar-refractivity contribution is 5.98. The van der Waals surface area contributed by atoms with Gasteiger partial charge in [0.1, 0.15) is 0 Å². The molecule has 7 heteroatoms. The Morgan fingerprint density at radius 1 is 0.818 bits per heavy atom. The summed E-state index contributed by atoms with van der Waals surface area (Å²) in [4.78, 5) is 39.5. The van der Waals surface area contributed by atoms with Crippen molar-refractivity contribution >= 4 is 29.1 Å². The molecule has 0 atom stereocenters. The fraction of sp³-hybridized carbons (Fsp3) is 0.423. The SMILES string of the molecule is O=C(CNc1cccc(C(=O)N2CCCC2)c1)Nc1cccc(C(=O)NC2CCCCC2)c1. The van der Waals surface area contributed by atoms with Gasteiger partial charge in [-0.15, -0.1) is 0 Å². The lowest BCUT2D eigenvalue weighted by atomic mass is 9.95.